The summed E-state index contributed by atoms with van der Waals surface area (Å²) in [6.45, 7) is 5.74. The summed E-state index contributed by atoms with van der Waals surface area (Å²) in [6, 6.07) is 7.76. The van der Waals surface area contributed by atoms with Crippen molar-refractivity contribution in [3.05, 3.63) is 34.9 Å². The first-order chi connectivity index (χ1) is 10.4. The van der Waals surface area contributed by atoms with Gasteiger partial charge in [0.2, 0.25) is 5.91 Å². The van der Waals surface area contributed by atoms with Gasteiger partial charge in [-0.05, 0) is 37.5 Å². The van der Waals surface area contributed by atoms with Gasteiger partial charge in [0.1, 0.15) is 0 Å². The lowest BCUT2D eigenvalue weighted by Gasteiger charge is -2.38. The van der Waals surface area contributed by atoms with Crippen LogP contribution in [0.1, 0.15) is 32.3 Å². The van der Waals surface area contributed by atoms with Crippen LogP contribution >= 0.6 is 24.0 Å². The molecule has 0 spiro atoms. The number of carbonyl (C=O) groups is 1. The summed E-state index contributed by atoms with van der Waals surface area (Å²) in [5, 5.41) is 3.80. The zero-order valence-corrected chi connectivity index (χ0v) is 15.3. The number of nitrogens with two attached hydrogens (primary N) is 1. The van der Waals surface area contributed by atoms with Gasteiger partial charge in [-0.1, -0.05) is 30.7 Å². The molecule has 4 nitrogen and oxygen atoms in total. The number of carbonyl (C=O) groups excluding carboxylic acids is 1. The van der Waals surface area contributed by atoms with Crippen molar-refractivity contribution in [3.63, 3.8) is 0 Å². The van der Waals surface area contributed by atoms with Crippen molar-refractivity contribution in [1.29, 1.82) is 0 Å². The van der Waals surface area contributed by atoms with E-state index in [1.807, 2.05) is 26.0 Å². The van der Waals surface area contributed by atoms with E-state index in [9.17, 15) is 4.79 Å². The highest BCUT2D eigenvalue weighted by Gasteiger charge is 2.35. The highest BCUT2D eigenvalue weighted by molar-refractivity contribution is 6.30. The van der Waals surface area contributed by atoms with Crippen LogP contribution in [0.3, 0.4) is 0 Å². The van der Waals surface area contributed by atoms with Crippen LogP contribution in [0.2, 0.25) is 5.02 Å². The van der Waals surface area contributed by atoms with Gasteiger partial charge in [0.15, 0.2) is 0 Å². The van der Waals surface area contributed by atoms with Crippen LogP contribution in [0.25, 0.3) is 0 Å². The molecule has 3 N–H and O–H groups in total. The van der Waals surface area contributed by atoms with Crippen LogP contribution in [-0.4, -0.2) is 31.7 Å². The Hall–Kier alpha value is -0.810. The third-order valence-electron chi connectivity index (χ3n) is 4.71. The number of hydrogen-bond donors (Lipinski definition) is 2. The average molecular weight is 361 g/mol. The molecule has 1 aliphatic heterocycles. The van der Waals surface area contributed by atoms with Crippen LogP contribution < -0.4 is 11.1 Å². The molecule has 1 aliphatic rings. The van der Waals surface area contributed by atoms with E-state index < -0.39 is 0 Å². The van der Waals surface area contributed by atoms with Crippen LogP contribution in [0.4, 0.5) is 0 Å². The smallest absolute Gasteiger partial charge is 0.224 e. The van der Waals surface area contributed by atoms with Gasteiger partial charge >= 0.3 is 0 Å². The number of amides is 1. The van der Waals surface area contributed by atoms with E-state index in [4.69, 9.17) is 22.1 Å². The lowest BCUT2D eigenvalue weighted by Crippen LogP contribution is -2.47. The minimum absolute atomic E-state index is 0. The Morgan fingerprint density at radius 1 is 1.30 bits per heavy atom. The van der Waals surface area contributed by atoms with Crippen molar-refractivity contribution in [1.82, 2.24) is 5.32 Å². The first-order valence-electron chi connectivity index (χ1n) is 7.82. The summed E-state index contributed by atoms with van der Waals surface area (Å²) in [7, 11) is 0. The predicted octanol–water partition coefficient (Wildman–Crippen LogP) is 2.91. The Morgan fingerprint density at radius 2 is 1.87 bits per heavy atom. The monoisotopic (exact) mass is 360 g/mol. The van der Waals surface area contributed by atoms with Crippen molar-refractivity contribution in [2.75, 3.05) is 19.8 Å². The average Bonchev–Trinajstić information content (AvgIpc) is 2.53. The minimum Gasteiger partial charge on any atom is -0.381 e. The number of benzene rings is 1. The first kappa shape index (κ1) is 20.2. The van der Waals surface area contributed by atoms with Crippen molar-refractivity contribution in [2.24, 2.45) is 11.7 Å². The van der Waals surface area contributed by atoms with E-state index in [2.05, 4.69) is 17.4 Å². The molecule has 1 amide bonds. The fourth-order valence-corrected chi connectivity index (χ4v) is 2.92. The third-order valence-corrected chi connectivity index (χ3v) is 4.96. The van der Waals surface area contributed by atoms with Crippen molar-refractivity contribution in [2.45, 2.75) is 38.1 Å². The minimum atomic E-state index is -0.192. The Bertz CT molecular complexity index is 500. The molecule has 6 heteroatoms. The van der Waals surface area contributed by atoms with Gasteiger partial charge in [0, 0.05) is 42.2 Å². The van der Waals surface area contributed by atoms with Gasteiger partial charge in [-0.2, -0.15) is 0 Å². The Labute approximate surface area is 149 Å². The Morgan fingerprint density at radius 3 is 2.39 bits per heavy atom. The highest BCUT2D eigenvalue weighted by Crippen LogP contribution is 2.35. The van der Waals surface area contributed by atoms with E-state index in [0.29, 0.717) is 19.8 Å². The normalized spacial score (nSPS) is 19.3. The maximum absolute atomic E-state index is 12.2. The van der Waals surface area contributed by atoms with Gasteiger partial charge in [-0.25, -0.2) is 0 Å². The van der Waals surface area contributed by atoms with Crippen LogP contribution in [0.5, 0.6) is 0 Å². The molecule has 2 atom stereocenters. The number of hydrogen-bond acceptors (Lipinski definition) is 3. The van der Waals surface area contributed by atoms with Crippen molar-refractivity contribution in [3.8, 4) is 0 Å². The quantitative estimate of drug-likeness (QED) is 0.848. The fourth-order valence-electron chi connectivity index (χ4n) is 2.79. The third kappa shape index (κ3) is 5.08. The number of rotatable bonds is 5. The second kappa shape index (κ2) is 8.88. The van der Waals surface area contributed by atoms with Crippen molar-refractivity contribution >= 4 is 29.9 Å². The number of ether oxygens (including phenoxy) is 1. The summed E-state index contributed by atoms with van der Waals surface area (Å²) < 4.78 is 5.50. The maximum atomic E-state index is 12.2. The van der Waals surface area contributed by atoms with E-state index in [1.54, 1.807) is 0 Å². The van der Waals surface area contributed by atoms with E-state index in [-0.39, 0.29) is 35.7 Å². The molecule has 1 aromatic rings. The molecule has 1 fully saturated rings. The molecule has 1 saturated heterocycles. The van der Waals surface area contributed by atoms with E-state index >= 15 is 0 Å². The second-order valence-corrected chi connectivity index (χ2v) is 6.70. The van der Waals surface area contributed by atoms with E-state index in [1.165, 1.54) is 5.56 Å². The summed E-state index contributed by atoms with van der Waals surface area (Å²) in [5.74, 6) is -0.183. The zero-order chi connectivity index (χ0) is 16.2. The molecule has 23 heavy (non-hydrogen) atoms. The van der Waals surface area contributed by atoms with Gasteiger partial charge in [0.05, 0.1) is 0 Å². The lowest BCUT2D eigenvalue weighted by molar-refractivity contribution is -0.125. The van der Waals surface area contributed by atoms with Gasteiger partial charge in [0.25, 0.3) is 0 Å². The highest BCUT2D eigenvalue weighted by atomic mass is 35.5. The SMILES string of the molecule is CC(N)C(C)C(=O)NCC1(c2ccc(Cl)cc2)CCOCC1.Cl. The standard InChI is InChI=1S/C17H25ClN2O2.ClH/c1-12(13(2)19)16(21)20-11-17(7-9-22-10-8-17)14-3-5-15(18)6-4-14;/h3-6,12-13H,7-11,19H2,1-2H3,(H,20,21);1H. The summed E-state index contributed by atoms with van der Waals surface area (Å²) in [6.07, 6.45) is 1.78. The molecular weight excluding hydrogens is 335 g/mol. The summed E-state index contributed by atoms with van der Waals surface area (Å²) in [4.78, 5) is 12.2. The van der Waals surface area contributed by atoms with Crippen LogP contribution in [0.15, 0.2) is 24.3 Å². The molecule has 1 aromatic carbocycles. The Kier molecular flexibility index (Phi) is 7.81. The second-order valence-electron chi connectivity index (χ2n) is 6.27. The predicted molar refractivity (Wildman–Crippen MR) is 96.3 cm³/mol. The molecule has 1 heterocycles. The molecule has 2 unspecified atom stereocenters. The molecule has 0 aromatic heterocycles. The molecule has 0 saturated carbocycles. The summed E-state index contributed by atoms with van der Waals surface area (Å²) >= 11 is 5.99. The molecule has 130 valence electrons. The Balaban J connectivity index is 0.00000264. The molecule has 0 radical (unpaired) electrons. The number of nitrogens with one attached hydrogen (secondary N) is 1. The van der Waals surface area contributed by atoms with Gasteiger partial charge < -0.3 is 15.8 Å². The van der Waals surface area contributed by atoms with Crippen molar-refractivity contribution < 1.29 is 9.53 Å². The zero-order valence-electron chi connectivity index (χ0n) is 13.7. The van der Waals surface area contributed by atoms with Crippen LogP contribution in [-0.2, 0) is 14.9 Å². The lowest BCUT2D eigenvalue weighted by atomic mass is 9.74. The molecule has 2 rings (SSSR count). The molecular formula is C17H26Cl2N2O2. The van der Waals surface area contributed by atoms with E-state index in [0.717, 1.165) is 17.9 Å². The molecule has 0 aliphatic carbocycles. The van der Waals surface area contributed by atoms with Crippen LogP contribution in [0, 0.1) is 5.92 Å². The fraction of sp³-hybridized carbons (Fsp3) is 0.588. The van der Waals surface area contributed by atoms with Gasteiger partial charge in [-0.3, -0.25) is 4.79 Å². The topological polar surface area (TPSA) is 64.4 Å². The first-order valence-corrected chi connectivity index (χ1v) is 8.19. The number of halogens is 2. The maximum Gasteiger partial charge on any atom is 0.224 e. The van der Waals surface area contributed by atoms with Gasteiger partial charge in [-0.15, -0.1) is 12.4 Å². The molecule has 0 bridgehead atoms. The summed E-state index contributed by atoms with van der Waals surface area (Å²) in [5.41, 5.74) is 6.93. The largest absolute Gasteiger partial charge is 0.381 e.